The van der Waals surface area contributed by atoms with Gasteiger partial charge in [-0.15, -0.1) is 0 Å². The molecular formula is C11H12F4O2Zr. The van der Waals surface area contributed by atoms with Crippen LogP contribution in [-0.4, -0.2) is 6.61 Å². The third-order valence-electron chi connectivity index (χ3n) is 2.21. The second-order valence-corrected chi connectivity index (χ2v) is 5.41. The average Bonchev–Trinajstić information content (AvgIpc) is 2.37. The quantitative estimate of drug-likeness (QED) is 0.448. The Morgan fingerprint density at radius 3 is 2.00 bits per heavy atom. The first-order valence-electron chi connectivity index (χ1n) is 5.30. The summed E-state index contributed by atoms with van der Waals surface area (Å²) in [5, 5.41) is 0. The molecule has 0 atom stereocenters. The molecule has 7 heteroatoms. The summed E-state index contributed by atoms with van der Waals surface area (Å²) in [5.74, 6) is -5.57. The molecule has 0 aliphatic rings. The monoisotopic (exact) mass is 342 g/mol. The Hall–Kier alpha value is -0.257. The SMILES string of the molecule is CCC[O][Zr][O]Cc1c(F)c(F)c(C)c(F)c1F. The molecule has 0 amide bonds. The van der Waals surface area contributed by atoms with Crippen molar-refractivity contribution in [1.82, 2.24) is 0 Å². The van der Waals surface area contributed by atoms with Crippen molar-refractivity contribution in [2.75, 3.05) is 6.61 Å². The van der Waals surface area contributed by atoms with E-state index in [2.05, 4.69) is 0 Å². The van der Waals surface area contributed by atoms with Crippen LogP contribution in [0.2, 0.25) is 0 Å². The van der Waals surface area contributed by atoms with Crippen LogP contribution in [0.15, 0.2) is 0 Å². The van der Waals surface area contributed by atoms with Gasteiger partial charge >= 0.3 is 115 Å². The predicted molar refractivity (Wildman–Crippen MR) is 52.0 cm³/mol. The minimum absolute atomic E-state index is 0.508. The van der Waals surface area contributed by atoms with E-state index in [-0.39, 0.29) is 0 Å². The first-order chi connectivity index (χ1) is 8.50. The van der Waals surface area contributed by atoms with Crippen molar-refractivity contribution in [2.45, 2.75) is 26.9 Å². The summed E-state index contributed by atoms with van der Waals surface area (Å²) in [4.78, 5) is 0. The number of rotatable bonds is 6. The molecule has 0 N–H and O–H groups in total. The van der Waals surface area contributed by atoms with E-state index < -0.39 is 65.1 Å². The number of hydrogen-bond acceptors (Lipinski definition) is 2. The summed E-state index contributed by atoms with van der Waals surface area (Å²) in [6, 6.07) is 0. The molecule has 1 aromatic rings. The molecule has 0 bridgehead atoms. The molecule has 0 aliphatic heterocycles. The summed E-state index contributed by atoms with van der Waals surface area (Å²) in [7, 11) is 0. The fraction of sp³-hybridized carbons (Fsp3) is 0.455. The maximum atomic E-state index is 13.4. The Morgan fingerprint density at radius 2 is 1.50 bits per heavy atom. The van der Waals surface area contributed by atoms with E-state index in [0.717, 1.165) is 13.3 Å². The van der Waals surface area contributed by atoms with E-state index in [1.807, 2.05) is 6.92 Å². The van der Waals surface area contributed by atoms with Crippen LogP contribution in [0.3, 0.4) is 0 Å². The van der Waals surface area contributed by atoms with E-state index in [1.165, 1.54) is 0 Å². The molecule has 2 nitrogen and oxygen atoms in total. The molecule has 100 valence electrons. The summed E-state index contributed by atoms with van der Waals surface area (Å²) < 4.78 is 63.3. The van der Waals surface area contributed by atoms with Crippen LogP contribution in [0.5, 0.6) is 0 Å². The van der Waals surface area contributed by atoms with Gasteiger partial charge in [-0.3, -0.25) is 0 Å². The normalized spacial score (nSPS) is 10.8. The molecule has 0 unspecified atom stereocenters. The molecule has 0 fully saturated rings. The molecule has 0 saturated carbocycles. The van der Waals surface area contributed by atoms with Gasteiger partial charge in [-0.1, -0.05) is 0 Å². The Morgan fingerprint density at radius 1 is 0.944 bits per heavy atom. The molecular weight excluding hydrogens is 331 g/mol. The third-order valence-corrected chi connectivity index (χ3v) is 3.65. The van der Waals surface area contributed by atoms with Gasteiger partial charge in [-0.25, -0.2) is 0 Å². The first kappa shape index (κ1) is 15.8. The van der Waals surface area contributed by atoms with Crippen molar-refractivity contribution >= 4 is 0 Å². The Bertz CT molecular complexity index is 397. The van der Waals surface area contributed by atoms with Crippen LogP contribution in [-0.2, 0) is 36.3 Å². The van der Waals surface area contributed by atoms with Crippen LogP contribution in [0.1, 0.15) is 24.5 Å². The van der Waals surface area contributed by atoms with Crippen LogP contribution in [0.25, 0.3) is 0 Å². The van der Waals surface area contributed by atoms with E-state index in [9.17, 15) is 17.6 Å². The van der Waals surface area contributed by atoms with Gasteiger partial charge in [0.25, 0.3) is 0 Å². The van der Waals surface area contributed by atoms with Gasteiger partial charge in [-0.2, -0.15) is 0 Å². The van der Waals surface area contributed by atoms with Gasteiger partial charge in [0.15, 0.2) is 0 Å². The van der Waals surface area contributed by atoms with Crippen molar-refractivity contribution in [3.05, 3.63) is 34.4 Å². The van der Waals surface area contributed by atoms with Crippen molar-refractivity contribution in [2.24, 2.45) is 0 Å². The second kappa shape index (κ2) is 7.36. The van der Waals surface area contributed by atoms with Gasteiger partial charge in [0.2, 0.25) is 0 Å². The summed E-state index contributed by atoms with van der Waals surface area (Å²) >= 11 is -1.66. The number of hydrogen-bond donors (Lipinski definition) is 0. The molecule has 0 aliphatic carbocycles. The molecule has 1 aromatic carbocycles. The molecule has 0 saturated heterocycles. The topological polar surface area (TPSA) is 18.5 Å². The van der Waals surface area contributed by atoms with Crippen molar-refractivity contribution < 1.29 is 47.3 Å². The van der Waals surface area contributed by atoms with E-state index in [1.54, 1.807) is 0 Å². The van der Waals surface area contributed by atoms with Crippen molar-refractivity contribution in [1.29, 1.82) is 0 Å². The maximum absolute atomic E-state index is 13.4. The van der Waals surface area contributed by atoms with Gasteiger partial charge in [-0.05, 0) is 0 Å². The Kier molecular flexibility index (Phi) is 6.46. The summed E-state index contributed by atoms with van der Waals surface area (Å²) in [5.41, 5.74) is -1.40. The van der Waals surface area contributed by atoms with Crippen molar-refractivity contribution in [3.63, 3.8) is 0 Å². The Labute approximate surface area is 115 Å². The van der Waals surface area contributed by atoms with Crippen LogP contribution in [0, 0.1) is 30.2 Å². The number of benzene rings is 1. The predicted octanol–water partition coefficient (Wildman–Crippen LogP) is 3.41. The zero-order chi connectivity index (χ0) is 13.7. The summed E-state index contributed by atoms with van der Waals surface area (Å²) in [6.45, 7) is 2.88. The number of halogens is 4. The average molecular weight is 343 g/mol. The molecule has 0 aromatic heterocycles. The van der Waals surface area contributed by atoms with Crippen molar-refractivity contribution in [3.8, 4) is 0 Å². The molecule has 0 heterocycles. The van der Waals surface area contributed by atoms with Gasteiger partial charge in [0.05, 0.1) is 0 Å². The fourth-order valence-electron chi connectivity index (χ4n) is 1.20. The minimum atomic E-state index is -1.66. The Balaban J connectivity index is 2.77. The molecule has 0 spiro atoms. The van der Waals surface area contributed by atoms with Gasteiger partial charge < -0.3 is 0 Å². The molecule has 18 heavy (non-hydrogen) atoms. The zero-order valence-corrected chi connectivity index (χ0v) is 12.4. The second-order valence-electron chi connectivity index (χ2n) is 3.58. The molecule has 1 rings (SSSR count). The van der Waals surface area contributed by atoms with E-state index in [4.69, 9.17) is 5.63 Å². The summed E-state index contributed by atoms with van der Waals surface area (Å²) in [6.07, 6.45) is 0.806. The fourth-order valence-corrected chi connectivity index (χ4v) is 2.61. The van der Waals surface area contributed by atoms with Gasteiger partial charge in [0, 0.05) is 0 Å². The zero-order valence-electron chi connectivity index (χ0n) is 9.95. The van der Waals surface area contributed by atoms with Crippen LogP contribution in [0.4, 0.5) is 17.6 Å². The first-order valence-corrected chi connectivity index (χ1v) is 7.31. The van der Waals surface area contributed by atoms with Crippen LogP contribution < -0.4 is 0 Å². The van der Waals surface area contributed by atoms with E-state index in [0.29, 0.717) is 6.61 Å². The van der Waals surface area contributed by atoms with Crippen LogP contribution >= 0.6 is 0 Å². The standard InChI is InChI=1S/C8H5F4O.C3H7O.Zr/c1-3-5(9)7(11)4(2-13)8(12)6(3)10;1-2-3-4;/h2H2,1H3;2-3H2,1H3;/q2*-1;+2. The van der Waals surface area contributed by atoms with E-state index >= 15 is 0 Å². The van der Waals surface area contributed by atoms with Gasteiger partial charge in [0.1, 0.15) is 0 Å². The third kappa shape index (κ3) is 3.62. The molecule has 0 radical (unpaired) electrons.